The predicted octanol–water partition coefficient (Wildman–Crippen LogP) is 3.34. The SMILES string of the molecule is Nc1nc(Cl)c(N=Nc2ccc(Cl)cc2)c(N[C@H]2CO[C@@H](CO)C2)n1. The van der Waals surface area contributed by atoms with Crippen molar-refractivity contribution in [2.45, 2.75) is 18.6 Å². The number of nitrogens with two attached hydrogens (primary N) is 1. The molecule has 0 amide bonds. The maximum atomic E-state index is 9.16. The predicted molar refractivity (Wildman–Crippen MR) is 95.9 cm³/mol. The number of azo groups is 1. The van der Waals surface area contributed by atoms with Crippen molar-refractivity contribution in [1.29, 1.82) is 0 Å². The highest BCUT2D eigenvalue weighted by molar-refractivity contribution is 6.32. The molecule has 0 saturated carbocycles. The van der Waals surface area contributed by atoms with Crippen molar-refractivity contribution >= 4 is 46.3 Å². The highest BCUT2D eigenvalue weighted by Crippen LogP contribution is 2.34. The third-order valence-corrected chi connectivity index (χ3v) is 4.09. The Morgan fingerprint density at radius 1 is 1.24 bits per heavy atom. The van der Waals surface area contributed by atoms with Crippen molar-refractivity contribution in [2.24, 2.45) is 10.2 Å². The molecular formula is C15H16Cl2N6O2. The molecule has 4 N–H and O–H groups in total. The van der Waals surface area contributed by atoms with Crippen molar-refractivity contribution < 1.29 is 9.84 Å². The zero-order chi connectivity index (χ0) is 17.8. The van der Waals surface area contributed by atoms with Crippen LogP contribution >= 0.6 is 23.2 Å². The van der Waals surface area contributed by atoms with E-state index < -0.39 is 0 Å². The Bertz CT molecular complexity index is 771. The fourth-order valence-corrected chi connectivity index (χ4v) is 2.72. The summed E-state index contributed by atoms with van der Waals surface area (Å²) in [5.74, 6) is 0.387. The standard InChI is InChI=1S/C15H16Cl2N6O2/c16-8-1-3-9(4-2-8)22-23-12-13(17)20-15(18)21-14(12)19-10-5-11(6-24)25-7-10/h1-4,10-11,24H,5-7H2,(H3,18,19,20,21)/t10-,11-/m1/s1. The lowest BCUT2D eigenvalue weighted by atomic mass is 10.2. The lowest BCUT2D eigenvalue weighted by Gasteiger charge is -2.14. The Hall–Kier alpha value is -2.00. The Labute approximate surface area is 154 Å². The molecule has 1 aromatic heterocycles. The molecule has 10 heteroatoms. The van der Waals surface area contributed by atoms with E-state index >= 15 is 0 Å². The fourth-order valence-electron chi connectivity index (χ4n) is 2.38. The van der Waals surface area contributed by atoms with Crippen LogP contribution in [0.5, 0.6) is 0 Å². The van der Waals surface area contributed by atoms with Gasteiger partial charge in [0.15, 0.2) is 16.7 Å². The molecule has 1 saturated heterocycles. The first-order chi connectivity index (χ1) is 12.0. The van der Waals surface area contributed by atoms with Crippen LogP contribution in [0.4, 0.5) is 23.1 Å². The van der Waals surface area contributed by atoms with Crippen LogP contribution in [0.1, 0.15) is 6.42 Å². The van der Waals surface area contributed by atoms with Gasteiger partial charge >= 0.3 is 0 Å². The van der Waals surface area contributed by atoms with Crippen molar-refractivity contribution in [3.05, 3.63) is 34.4 Å². The normalized spacial score (nSPS) is 20.3. The minimum absolute atomic E-state index is 0.0237. The molecule has 132 valence electrons. The van der Waals surface area contributed by atoms with E-state index in [9.17, 15) is 0 Å². The van der Waals surface area contributed by atoms with Gasteiger partial charge in [-0.05, 0) is 30.7 Å². The van der Waals surface area contributed by atoms with E-state index in [-0.39, 0.29) is 35.5 Å². The zero-order valence-electron chi connectivity index (χ0n) is 13.1. The number of nitrogens with one attached hydrogen (secondary N) is 1. The van der Waals surface area contributed by atoms with E-state index in [1.165, 1.54) is 0 Å². The molecule has 2 atom stereocenters. The van der Waals surface area contributed by atoms with Crippen LogP contribution in [0, 0.1) is 0 Å². The first-order valence-corrected chi connectivity index (χ1v) is 8.30. The molecule has 0 unspecified atom stereocenters. The van der Waals surface area contributed by atoms with Gasteiger partial charge in [-0.15, -0.1) is 5.11 Å². The number of rotatable bonds is 5. The zero-order valence-corrected chi connectivity index (χ0v) is 14.6. The Morgan fingerprint density at radius 2 is 2.00 bits per heavy atom. The molecule has 1 aliphatic rings. The highest BCUT2D eigenvalue weighted by Gasteiger charge is 2.26. The molecular weight excluding hydrogens is 367 g/mol. The number of aliphatic hydroxyl groups is 1. The Morgan fingerprint density at radius 3 is 2.68 bits per heavy atom. The third-order valence-electron chi connectivity index (χ3n) is 3.58. The summed E-state index contributed by atoms with van der Waals surface area (Å²) in [7, 11) is 0. The maximum Gasteiger partial charge on any atom is 0.223 e. The average Bonchev–Trinajstić information content (AvgIpc) is 3.03. The van der Waals surface area contributed by atoms with Crippen LogP contribution in [0.15, 0.2) is 34.5 Å². The molecule has 1 fully saturated rings. The average molecular weight is 383 g/mol. The molecule has 3 rings (SSSR count). The second-order valence-corrected chi connectivity index (χ2v) is 6.26. The number of hydrogen-bond acceptors (Lipinski definition) is 8. The van der Waals surface area contributed by atoms with Gasteiger partial charge in [-0.25, -0.2) is 0 Å². The first-order valence-electron chi connectivity index (χ1n) is 7.54. The molecule has 2 heterocycles. The van der Waals surface area contributed by atoms with E-state index in [0.717, 1.165) is 0 Å². The van der Waals surface area contributed by atoms with Gasteiger partial charge in [0.05, 0.1) is 31.0 Å². The number of aliphatic hydroxyl groups excluding tert-OH is 1. The number of hydrogen-bond donors (Lipinski definition) is 3. The number of nitrogens with zero attached hydrogens (tertiary/aromatic N) is 4. The molecule has 0 radical (unpaired) electrons. The van der Waals surface area contributed by atoms with Crippen molar-refractivity contribution in [1.82, 2.24) is 9.97 Å². The summed E-state index contributed by atoms with van der Waals surface area (Å²) < 4.78 is 5.44. The van der Waals surface area contributed by atoms with Crippen LogP contribution in [0.2, 0.25) is 10.2 Å². The second-order valence-electron chi connectivity index (χ2n) is 5.46. The van der Waals surface area contributed by atoms with Crippen LogP contribution in [-0.4, -0.2) is 40.4 Å². The Kier molecular flexibility index (Phi) is 5.64. The topological polar surface area (TPSA) is 118 Å². The van der Waals surface area contributed by atoms with Gasteiger partial charge in [-0.2, -0.15) is 15.1 Å². The lowest BCUT2D eigenvalue weighted by molar-refractivity contribution is 0.0588. The van der Waals surface area contributed by atoms with E-state index in [4.69, 9.17) is 38.8 Å². The molecule has 1 aliphatic heterocycles. The largest absolute Gasteiger partial charge is 0.394 e. The summed E-state index contributed by atoms with van der Waals surface area (Å²) in [6.07, 6.45) is 0.428. The summed E-state index contributed by atoms with van der Waals surface area (Å²) in [5, 5.41) is 21.3. The van der Waals surface area contributed by atoms with E-state index in [1.54, 1.807) is 24.3 Å². The Balaban J connectivity index is 1.83. The van der Waals surface area contributed by atoms with Crippen LogP contribution < -0.4 is 11.1 Å². The first kappa shape index (κ1) is 17.8. The molecule has 8 nitrogen and oxygen atoms in total. The smallest absolute Gasteiger partial charge is 0.223 e. The molecule has 0 spiro atoms. The van der Waals surface area contributed by atoms with Crippen molar-refractivity contribution in [3.8, 4) is 0 Å². The number of anilines is 2. The van der Waals surface area contributed by atoms with Gasteiger partial charge in [0, 0.05) is 5.02 Å². The monoisotopic (exact) mass is 382 g/mol. The molecule has 1 aromatic carbocycles. The number of halogens is 2. The van der Waals surface area contributed by atoms with Gasteiger partial charge in [-0.3, -0.25) is 0 Å². The highest BCUT2D eigenvalue weighted by atomic mass is 35.5. The number of ether oxygens (including phenoxy) is 1. The van der Waals surface area contributed by atoms with Crippen molar-refractivity contribution in [3.63, 3.8) is 0 Å². The minimum Gasteiger partial charge on any atom is -0.394 e. The van der Waals surface area contributed by atoms with Crippen molar-refractivity contribution in [2.75, 3.05) is 24.3 Å². The fraction of sp³-hybridized carbons (Fsp3) is 0.333. The van der Waals surface area contributed by atoms with Gasteiger partial charge in [0.1, 0.15) is 0 Å². The summed E-state index contributed by atoms with van der Waals surface area (Å²) >= 11 is 12.0. The maximum absolute atomic E-state index is 9.16. The number of benzene rings is 1. The van der Waals surface area contributed by atoms with E-state index in [0.29, 0.717) is 29.6 Å². The van der Waals surface area contributed by atoms with E-state index in [1.807, 2.05) is 0 Å². The van der Waals surface area contributed by atoms with Gasteiger partial charge in [0.25, 0.3) is 0 Å². The molecule has 0 bridgehead atoms. The molecule has 25 heavy (non-hydrogen) atoms. The van der Waals surface area contributed by atoms with Gasteiger partial charge in [-0.1, -0.05) is 23.2 Å². The van der Waals surface area contributed by atoms with Gasteiger partial charge in [0.2, 0.25) is 5.95 Å². The van der Waals surface area contributed by atoms with Gasteiger partial charge < -0.3 is 20.9 Å². The van der Waals surface area contributed by atoms with Crippen LogP contribution in [0.25, 0.3) is 0 Å². The quantitative estimate of drug-likeness (QED) is 0.538. The summed E-state index contributed by atoms with van der Waals surface area (Å²) in [5.41, 5.74) is 6.56. The summed E-state index contributed by atoms with van der Waals surface area (Å²) in [6, 6.07) is 6.82. The third kappa shape index (κ3) is 4.55. The molecule has 2 aromatic rings. The second kappa shape index (κ2) is 7.92. The van der Waals surface area contributed by atoms with Crippen LogP contribution in [-0.2, 0) is 4.74 Å². The summed E-state index contributed by atoms with van der Waals surface area (Å²) in [6.45, 7) is 0.397. The van der Waals surface area contributed by atoms with E-state index in [2.05, 4.69) is 25.5 Å². The lowest BCUT2D eigenvalue weighted by Crippen LogP contribution is -2.21. The summed E-state index contributed by atoms with van der Waals surface area (Å²) in [4.78, 5) is 8.07. The van der Waals surface area contributed by atoms with Crippen LogP contribution in [0.3, 0.4) is 0 Å². The number of nitrogen functional groups attached to an aromatic ring is 1. The minimum atomic E-state index is -0.203. The number of aromatic nitrogens is 2. The molecule has 0 aliphatic carbocycles.